The van der Waals surface area contributed by atoms with Gasteiger partial charge in [0.05, 0.1) is 18.1 Å². The summed E-state index contributed by atoms with van der Waals surface area (Å²) in [5.74, 6) is 0.453. The van der Waals surface area contributed by atoms with Gasteiger partial charge in [-0.3, -0.25) is 15.0 Å². The lowest BCUT2D eigenvalue weighted by Gasteiger charge is -2.21. The number of nitrogens with zero attached hydrogens (tertiary/aromatic N) is 4. The summed E-state index contributed by atoms with van der Waals surface area (Å²) in [7, 11) is 3.28. The Balaban J connectivity index is 1.71. The topological polar surface area (TPSA) is 94.5 Å². The zero-order valence-corrected chi connectivity index (χ0v) is 15.6. The maximum absolute atomic E-state index is 13.9. The summed E-state index contributed by atoms with van der Waals surface area (Å²) < 4.78 is 24.5. The summed E-state index contributed by atoms with van der Waals surface area (Å²) in [6.07, 6.45) is 0. The largest absolute Gasteiger partial charge is 0.494 e. The summed E-state index contributed by atoms with van der Waals surface area (Å²) in [5, 5.41) is 18.8. The Morgan fingerprint density at radius 1 is 1.25 bits per heavy atom. The van der Waals surface area contributed by atoms with Crippen LogP contribution < -0.4 is 4.74 Å². The molecule has 3 aromatic rings. The molecule has 0 bridgehead atoms. The molecule has 0 saturated heterocycles. The van der Waals surface area contributed by atoms with Crippen LogP contribution in [0, 0.1) is 15.9 Å². The van der Waals surface area contributed by atoms with Crippen LogP contribution in [0.25, 0.3) is 11.5 Å². The normalized spacial score (nSPS) is 12.2. The van der Waals surface area contributed by atoms with E-state index < -0.39 is 10.7 Å². The molecule has 8 nitrogen and oxygen atoms in total. The summed E-state index contributed by atoms with van der Waals surface area (Å²) in [4.78, 5) is 12.2. The van der Waals surface area contributed by atoms with Crippen molar-refractivity contribution in [2.24, 2.45) is 0 Å². The van der Waals surface area contributed by atoms with Crippen molar-refractivity contribution in [3.05, 3.63) is 69.9 Å². The van der Waals surface area contributed by atoms with Crippen molar-refractivity contribution in [3.63, 3.8) is 0 Å². The van der Waals surface area contributed by atoms with Crippen LogP contribution in [0.15, 0.2) is 46.9 Å². The minimum Gasteiger partial charge on any atom is -0.494 e. The third kappa shape index (κ3) is 4.15. The first-order valence-corrected chi connectivity index (χ1v) is 8.50. The molecule has 0 unspecified atom stereocenters. The number of non-ortho nitro benzene ring substituents is 1. The van der Waals surface area contributed by atoms with E-state index in [1.54, 1.807) is 24.3 Å². The van der Waals surface area contributed by atoms with Gasteiger partial charge in [-0.15, -0.1) is 10.2 Å². The molecule has 1 aromatic heterocycles. The van der Waals surface area contributed by atoms with Gasteiger partial charge in [0.25, 0.3) is 5.69 Å². The fraction of sp³-hybridized carbons (Fsp3) is 0.263. The van der Waals surface area contributed by atoms with Gasteiger partial charge in [-0.1, -0.05) is 6.07 Å². The Bertz CT molecular complexity index is 974. The van der Waals surface area contributed by atoms with Crippen LogP contribution in [0.3, 0.4) is 0 Å². The molecule has 28 heavy (non-hydrogen) atoms. The molecular formula is C19H19FN4O4. The van der Waals surface area contributed by atoms with E-state index in [1.165, 1.54) is 25.3 Å². The Hall–Kier alpha value is -3.33. The molecule has 0 radical (unpaired) electrons. The Morgan fingerprint density at radius 3 is 2.57 bits per heavy atom. The first kappa shape index (κ1) is 19.4. The number of hydrogen-bond donors (Lipinski definition) is 0. The van der Waals surface area contributed by atoms with Crippen LogP contribution in [0.4, 0.5) is 10.1 Å². The lowest BCUT2D eigenvalue weighted by molar-refractivity contribution is -0.384. The quantitative estimate of drug-likeness (QED) is 0.448. The van der Waals surface area contributed by atoms with Gasteiger partial charge in [0.15, 0.2) is 11.6 Å². The number of rotatable bonds is 7. The van der Waals surface area contributed by atoms with Crippen LogP contribution in [0.2, 0.25) is 0 Å². The molecule has 0 N–H and O–H groups in total. The van der Waals surface area contributed by atoms with E-state index >= 15 is 0 Å². The Labute approximate surface area is 160 Å². The lowest BCUT2D eigenvalue weighted by Crippen LogP contribution is -2.22. The number of nitro benzene ring substituents is 1. The van der Waals surface area contributed by atoms with Gasteiger partial charge in [0.1, 0.15) is 0 Å². The van der Waals surface area contributed by atoms with Crippen molar-refractivity contribution in [2.45, 2.75) is 19.5 Å². The van der Waals surface area contributed by atoms with Gasteiger partial charge < -0.3 is 9.15 Å². The second-order valence-corrected chi connectivity index (χ2v) is 6.31. The molecule has 0 aliphatic heterocycles. The Morgan fingerprint density at radius 2 is 1.96 bits per heavy atom. The van der Waals surface area contributed by atoms with Crippen LogP contribution in [-0.4, -0.2) is 34.2 Å². The monoisotopic (exact) mass is 386 g/mol. The lowest BCUT2D eigenvalue weighted by atomic mass is 10.1. The van der Waals surface area contributed by atoms with Gasteiger partial charge in [0, 0.05) is 24.2 Å². The molecule has 1 atom stereocenters. The highest BCUT2D eigenvalue weighted by atomic mass is 19.1. The molecular weight excluding hydrogens is 367 g/mol. The van der Waals surface area contributed by atoms with Crippen molar-refractivity contribution < 1.29 is 18.5 Å². The Kier molecular flexibility index (Phi) is 5.65. The van der Waals surface area contributed by atoms with E-state index in [1.807, 2.05) is 18.9 Å². The van der Waals surface area contributed by atoms with Crippen LogP contribution in [0.5, 0.6) is 5.75 Å². The average Bonchev–Trinajstić information content (AvgIpc) is 3.17. The number of methoxy groups -OCH3 is 1. The number of benzene rings is 2. The highest BCUT2D eigenvalue weighted by Crippen LogP contribution is 2.26. The second kappa shape index (κ2) is 8.13. The summed E-state index contributed by atoms with van der Waals surface area (Å²) in [5.41, 5.74) is 1.36. The molecule has 146 valence electrons. The van der Waals surface area contributed by atoms with Gasteiger partial charge in [-0.25, -0.2) is 4.39 Å². The highest BCUT2D eigenvalue weighted by Gasteiger charge is 2.20. The van der Waals surface area contributed by atoms with Gasteiger partial charge in [-0.2, -0.15) is 0 Å². The molecule has 1 heterocycles. The number of aromatic nitrogens is 2. The predicted octanol–water partition coefficient (Wildman–Crippen LogP) is 3.99. The first-order chi connectivity index (χ1) is 13.4. The smallest absolute Gasteiger partial charge is 0.269 e. The number of halogens is 1. The number of hydrogen-bond acceptors (Lipinski definition) is 7. The van der Waals surface area contributed by atoms with E-state index in [0.717, 1.165) is 5.56 Å². The molecule has 0 spiro atoms. The number of nitro groups is 1. The minimum atomic E-state index is -0.470. The first-order valence-electron chi connectivity index (χ1n) is 8.50. The van der Waals surface area contributed by atoms with Crippen molar-refractivity contribution >= 4 is 5.69 Å². The van der Waals surface area contributed by atoms with Gasteiger partial charge in [-0.05, 0) is 43.8 Å². The third-order valence-corrected chi connectivity index (χ3v) is 4.43. The van der Waals surface area contributed by atoms with Crippen LogP contribution in [-0.2, 0) is 6.54 Å². The molecule has 0 saturated carbocycles. The zero-order valence-electron chi connectivity index (χ0n) is 15.6. The molecule has 0 aliphatic rings. The highest BCUT2D eigenvalue weighted by molar-refractivity contribution is 5.55. The molecule has 2 aromatic carbocycles. The van der Waals surface area contributed by atoms with E-state index in [2.05, 4.69) is 10.2 Å². The molecule has 3 rings (SSSR count). The van der Waals surface area contributed by atoms with E-state index in [9.17, 15) is 14.5 Å². The van der Waals surface area contributed by atoms with Crippen molar-refractivity contribution in [1.82, 2.24) is 15.1 Å². The predicted molar refractivity (Wildman–Crippen MR) is 99.2 cm³/mol. The fourth-order valence-electron chi connectivity index (χ4n) is 2.67. The van der Waals surface area contributed by atoms with Crippen molar-refractivity contribution in [3.8, 4) is 17.2 Å². The summed E-state index contributed by atoms with van der Waals surface area (Å²) in [6.45, 7) is 2.37. The average molecular weight is 386 g/mol. The maximum atomic E-state index is 13.9. The van der Waals surface area contributed by atoms with E-state index in [4.69, 9.17) is 9.15 Å². The van der Waals surface area contributed by atoms with E-state index in [0.29, 0.717) is 18.0 Å². The van der Waals surface area contributed by atoms with Crippen molar-refractivity contribution in [1.29, 1.82) is 0 Å². The van der Waals surface area contributed by atoms with Crippen LogP contribution >= 0.6 is 0 Å². The van der Waals surface area contributed by atoms with Crippen LogP contribution in [0.1, 0.15) is 24.4 Å². The summed E-state index contributed by atoms with van der Waals surface area (Å²) >= 11 is 0. The minimum absolute atomic E-state index is 0.0108. The van der Waals surface area contributed by atoms with E-state index in [-0.39, 0.29) is 23.4 Å². The summed E-state index contributed by atoms with van der Waals surface area (Å²) in [6, 6.07) is 10.5. The van der Waals surface area contributed by atoms with Crippen molar-refractivity contribution in [2.75, 3.05) is 14.2 Å². The van der Waals surface area contributed by atoms with Gasteiger partial charge >= 0.3 is 0 Å². The molecule has 0 amide bonds. The fourth-order valence-corrected chi connectivity index (χ4v) is 2.67. The third-order valence-electron chi connectivity index (χ3n) is 4.43. The SMILES string of the molecule is COc1ccc(CN(C)[C@@H](C)c2nnc(-c3ccc([N+](=O)[O-])cc3)o2)cc1F. The zero-order chi connectivity index (χ0) is 20.3. The maximum Gasteiger partial charge on any atom is 0.269 e. The second-order valence-electron chi connectivity index (χ2n) is 6.31. The van der Waals surface area contributed by atoms with Gasteiger partial charge in [0.2, 0.25) is 11.8 Å². The molecule has 9 heteroatoms. The molecule has 0 aliphatic carbocycles. The standard InChI is InChI=1S/C19H19FN4O4/c1-12(23(2)11-13-4-9-17(27-3)16(20)10-13)18-21-22-19(28-18)14-5-7-15(8-6-14)24(25)26/h4-10,12H,11H2,1-3H3/t12-/m0/s1. The number of ether oxygens (including phenoxy) is 1. The molecule has 0 fully saturated rings.